The summed E-state index contributed by atoms with van der Waals surface area (Å²) in [6, 6.07) is 21.3. The maximum atomic E-state index is 13.6. The number of benzene rings is 3. The molecule has 0 bridgehead atoms. The lowest BCUT2D eigenvalue weighted by Crippen LogP contribution is -2.34. The molecule has 0 spiro atoms. The zero-order valence-corrected chi connectivity index (χ0v) is 20.1. The number of amides is 2. The van der Waals surface area contributed by atoms with Crippen molar-refractivity contribution >= 4 is 35.3 Å². The number of hydrogen-bond acceptors (Lipinski definition) is 3. The summed E-state index contributed by atoms with van der Waals surface area (Å²) in [6.45, 7) is 5.10. The third-order valence-corrected chi connectivity index (χ3v) is 6.62. The van der Waals surface area contributed by atoms with Crippen LogP contribution in [0.4, 0.5) is 10.1 Å². The van der Waals surface area contributed by atoms with Gasteiger partial charge in [0.25, 0.3) is 11.8 Å². The lowest BCUT2D eigenvalue weighted by molar-refractivity contribution is -0.114. The molecule has 3 aromatic carbocycles. The van der Waals surface area contributed by atoms with E-state index in [0.717, 1.165) is 22.4 Å². The van der Waals surface area contributed by atoms with E-state index < -0.39 is 0 Å². The predicted molar refractivity (Wildman–Crippen MR) is 136 cm³/mol. The standard InChI is InChI=1S/C28H27FN2O2S/c1-19(2)14-15-30-27(32)22-10-13-25-24(17-22)31(18-21-8-11-23(29)12-9-21)28(33)26(34-25)16-20-6-4-3-5-7-20/h3-13,16-17,19H,14-15,18H2,1-2H3,(H,30,32)/b26-16-. The minimum atomic E-state index is -0.324. The Balaban J connectivity index is 1.68. The lowest BCUT2D eigenvalue weighted by atomic mass is 10.1. The highest BCUT2D eigenvalue weighted by molar-refractivity contribution is 8.04. The Morgan fingerprint density at radius 1 is 1.06 bits per heavy atom. The average molecular weight is 475 g/mol. The number of nitrogens with one attached hydrogen (secondary N) is 1. The lowest BCUT2D eigenvalue weighted by Gasteiger charge is -2.31. The first-order chi connectivity index (χ1) is 16.4. The first-order valence-electron chi connectivity index (χ1n) is 11.3. The van der Waals surface area contributed by atoms with Crippen molar-refractivity contribution in [3.05, 3.63) is 100 Å². The van der Waals surface area contributed by atoms with E-state index in [1.54, 1.807) is 29.2 Å². The quantitative estimate of drug-likeness (QED) is 0.410. The number of hydrogen-bond donors (Lipinski definition) is 1. The minimum Gasteiger partial charge on any atom is -0.352 e. The van der Waals surface area contributed by atoms with E-state index in [-0.39, 0.29) is 24.2 Å². The molecule has 1 heterocycles. The monoisotopic (exact) mass is 474 g/mol. The smallest absolute Gasteiger partial charge is 0.265 e. The van der Waals surface area contributed by atoms with E-state index in [1.807, 2.05) is 42.5 Å². The van der Waals surface area contributed by atoms with Gasteiger partial charge in [-0.2, -0.15) is 0 Å². The van der Waals surface area contributed by atoms with Crippen LogP contribution in [0.1, 0.15) is 41.8 Å². The van der Waals surface area contributed by atoms with Gasteiger partial charge in [0, 0.05) is 17.0 Å². The Hall–Kier alpha value is -3.38. The summed E-state index contributed by atoms with van der Waals surface area (Å²) >= 11 is 1.40. The van der Waals surface area contributed by atoms with Gasteiger partial charge in [-0.25, -0.2) is 4.39 Å². The highest BCUT2D eigenvalue weighted by Gasteiger charge is 2.30. The fourth-order valence-electron chi connectivity index (χ4n) is 3.66. The molecule has 2 amide bonds. The van der Waals surface area contributed by atoms with Crippen LogP contribution in [-0.4, -0.2) is 18.4 Å². The van der Waals surface area contributed by atoms with Gasteiger partial charge in [0.05, 0.1) is 17.1 Å². The molecular formula is C28H27FN2O2S. The maximum Gasteiger partial charge on any atom is 0.265 e. The number of fused-ring (bicyclic) bond motifs is 1. The van der Waals surface area contributed by atoms with E-state index >= 15 is 0 Å². The highest BCUT2D eigenvalue weighted by atomic mass is 32.2. The molecule has 3 aromatic rings. The summed E-state index contributed by atoms with van der Waals surface area (Å²) in [5.41, 5.74) is 2.93. The summed E-state index contributed by atoms with van der Waals surface area (Å²) in [7, 11) is 0. The molecule has 0 aliphatic carbocycles. The predicted octanol–water partition coefficient (Wildman–Crippen LogP) is 6.28. The van der Waals surface area contributed by atoms with Crippen LogP contribution in [-0.2, 0) is 11.3 Å². The van der Waals surface area contributed by atoms with Crippen molar-refractivity contribution in [3.8, 4) is 0 Å². The van der Waals surface area contributed by atoms with Crippen LogP contribution in [0, 0.1) is 11.7 Å². The molecule has 1 N–H and O–H groups in total. The van der Waals surface area contributed by atoms with E-state index in [2.05, 4.69) is 19.2 Å². The molecule has 174 valence electrons. The Morgan fingerprint density at radius 3 is 2.50 bits per heavy atom. The Morgan fingerprint density at radius 2 is 1.79 bits per heavy atom. The van der Waals surface area contributed by atoms with Crippen LogP contribution < -0.4 is 10.2 Å². The number of carbonyl (C=O) groups is 2. The van der Waals surface area contributed by atoms with Crippen molar-refractivity contribution < 1.29 is 14.0 Å². The SMILES string of the molecule is CC(C)CCNC(=O)c1ccc2c(c1)N(Cc1ccc(F)cc1)C(=O)/C(=C/c1ccccc1)S2. The molecule has 0 saturated carbocycles. The Bertz CT molecular complexity index is 1210. The molecule has 0 aromatic heterocycles. The van der Waals surface area contributed by atoms with Crippen LogP contribution in [0.3, 0.4) is 0 Å². The van der Waals surface area contributed by atoms with Crippen molar-refractivity contribution in [2.75, 3.05) is 11.4 Å². The van der Waals surface area contributed by atoms with Gasteiger partial charge in [-0.05, 0) is 59.9 Å². The van der Waals surface area contributed by atoms with Crippen LogP contribution in [0.2, 0.25) is 0 Å². The van der Waals surface area contributed by atoms with Crippen molar-refractivity contribution in [2.24, 2.45) is 5.92 Å². The Labute approximate surface area is 203 Å². The molecule has 1 aliphatic rings. The summed E-state index contributed by atoms with van der Waals surface area (Å²) in [6.07, 6.45) is 2.77. The number of halogens is 1. The zero-order valence-electron chi connectivity index (χ0n) is 19.3. The molecule has 6 heteroatoms. The maximum absolute atomic E-state index is 13.6. The highest BCUT2D eigenvalue weighted by Crippen LogP contribution is 2.43. The summed E-state index contributed by atoms with van der Waals surface area (Å²) < 4.78 is 13.4. The molecular weight excluding hydrogens is 447 g/mol. The molecule has 0 atom stereocenters. The van der Waals surface area contributed by atoms with Crippen LogP contribution in [0.15, 0.2) is 82.6 Å². The van der Waals surface area contributed by atoms with Crippen molar-refractivity contribution in [2.45, 2.75) is 31.7 Å². The first-order valence-corrected chi connectivity index (χ1v) is 12.2. The van der Waals surface area contributed by atoms with Gasteiger partial charge >= 0.3 is 0 Å². The molecule has 0 fully saturated rings. The fraction of sp³-hybridized carbons (Fsp3) is 0.214. The van der Waals surface area contributed by atoms with Gasteiger partial charge in [-0.3, -0.25) is 9.59 Å². The molecule has 4 rings (SSSR count). The number of thioether (sulfide) groups is 1. The van der Waals surface area contributed by atoms with Gasteiger partial charge in [0.15, 0.2) is 0 Å². The van der Waals surface area contributed by atoms with Crippen molar-refractivity contribution in [1.29, 1.82) is 0 Å². The van der Waals surface area contributed by atoms with E-state index in [9.17, 15) is 14.0 Å². The van der Waals surface area contributed by atoms with Gasteiger partial charge in [0.2, 0.25) is 0 Å². The van der Waals surface area contributed by atoms with Gasteiger partial charge in [0.1, 0.15) is 5.82 Å². The normalized spacial score (nSPS) is 14.4. The van der Waals surface area contributed by atoms with E-state index in [0.29, 0.717) is 28.6 Å². The van der Waals surface area contributed by atoms with Gasteiger partial charge in [-0.1, -0.05) is 68.1 Å². The second-order valence-corrected chi connectivity index (χ2v) is 9.74. The molecule has 1 aliphatic heterocycles. The Kier molecular flexibility index (Phi) is 7.48. The third-order valence-electron chi connectivity index (χ3n) is 5.55. The van der Waals surface area contributed by atoms with Gasteiger partial charge in [-0.15, -0.1) is 0 Å². The minimum absolute atomic E-state index is 0.150. The van der Waals surface area contributed by atoms with Crippen molar-refractivity contribution in [3.63, 3.8) is 0 Å². The summed E-state index contributed by atoms with van der Waals surface area (Å²) in [5, 5.41) is 2.96. The third kappa shape index (κ3) is 5.75. The number of nitrogens with zero attached hydrogens (tertiary/aromatic N) is 1. The largest absolute Gasteiger partial charge is 0.352 e. The molecule has 0 unspecified atom stereocenters. The van der Waals surface area contributed by atoms with Crippen molar-refractivity contribution in [1.82, 2.24) is 5.32 Å². The number of anilines is 1. The molecule has 4 nitrogen and oxygen atoms in total. The van der Waals surface area contributed by atoms with Gasteiger partial charge < -0.3 is 10.2 Å². The topological polar surface area (TPSA) is 49.4 Å². The molecule has 34 heavy (non-hydrogen) atoms. The van der Waals surface area contributed by atoms with E-state index in [4.69, 9.17) is 0 Å². The fourth-order valence-corrected chi connectivity index (χ4v) is 4.70. The molecule has 0 saturated heterocycles. The second-order valence-electron chi connectivity index (χ2n) is 8.66. The average Bonchev–Trinajstić information content (AvgIpc) is 2.83. The van der Waals surface area contributed by atoms with E-state index in [1.165, 1.54) is 23.9 Å². The molecule has 0 radical (unpaired) electrons. The van der Waals surface area contributed by atoms with Crippen LogP contribution in [0.5, 0.6) is 0 Å². The zero-order chi connectivity index (χ0) is 24.1. The first kappa shape index (κ1) is 23.8. The summed E-state index contributed by atoms with van der Waals surface area (Å²) in [5.74, 6) is -0.134. The number of carbonyl (C=O) groups excluding carboxylic acids is 2. The second kappa shape index (κ2) is 10.7. The van der Waals surface area contributed by atoms with Crippen LogP contribution >= 0.6 is 11.8 Å². The van der Waals surface area contributed by atoms with Crippen LogP contribution in [0.25, 0.3) is 6.08 Å². The summed E-state index contributed by atoms with van der Waals surface area (Å²) in [4.78, 5) is 29.4. The number of rotatable bonds is 7.